The van der Waals surface area contributed by atoms with Gasteiger partial charge in [0.25, 0.3) is 5.91 Å². The number of thioether (sulfide) groups is 1. The predicted molar refractivity (Wildman–Crippen MR) is 98.4 cm³/mol. The number of benzene rings is 1. The van der Waals surface area contributed by atoms with E-state index in [0.29, 0.717) is 6.54 Å². The molecule has 0 radical (unpaired) electrons. The van der Waals surface area contributed by atoms with E-state index in [9.17, 15) is 18.4 Å². The lowest BCUT2D eigenvalue weighted by Crippen LogP contribution is -2.32. The van der Waals surface area contributed by atoms with Gasteiger partial charge in [0, 0.05) is 18.4 Å². The molecule has 10 heteroatoms. The minimum atomic E-state index is -0.750. The minimum absolute atomic E-state index is 0.0715. The Morgan fingerprint density at radius 1 is 1.35 bits per heavy atom. The Bertz CT molecular complexity index is 812. The average molecular weight is 400 g/mol. The molecule has 0 aliphatic carbocycles. The summed E-state index contributed by atoms with van der Waals surface area (Å²) in [6, 6.07) is 2.80. The first-order chi connectivity index (χ1) is 12.3. The Hall–Kier alpha value is -2.20. The molecule has 0 atom stereocenters. The molecule has 0 bridgehead atoms. The van der Waals surface area contributed by atoms with Crippen LogP contribution in [0.1, 0.15) is 29.8 Å². The van der Waals surface area contributed by atoms with Crippen molar-refractivity contribution in [2.75, 3.05) is 11.9 Å². The number of nitrogens with zero attached hydrogens (tertiary/aromatic N) is 1. The molecule has 0 saturated carbocycles. The van der Waals surface area contributed by atoms with Crippen LogP contribution in [0.2, 0.25) is 0 Å². The largest absolute Gasteiger partial charge is 0.365 e. The molecule has 2 rings (SSSR count). The maximum absolute atomic E-state index is 13.7. The summed E-state index contributed by atoms with van der Waals surface area (Å²) in [6.45, 7) is 4.37. The zero-order valence-electron chi connectivity index (χ0n) is 14.1. The van der Waals surface area contributed by atoms with Crippen LogP contribution in [-0.4, -0.2) is 22.9 Å². The van der Waals surface area contributed by atoms with E-state index < -0.39 is 23.6 Å². The van der Waals surface area contributed by atoms with E-state index in [0.717, 1.165) is 35.4 Å². The van der Waals surface area contributed by atoms with E-state index in [1.807, 2.05) is 13.8 Å². The van der Waals surface area contributed by atoms with E-state index in [1.54, 1.807) is 0 Å². The average Bonchev–Trinajstić information content (AvgIpc) is 2.95. The molecule has 26 heavy (non-hydrogen) atoms. The van der Waals surface area contributed by atoms with Gasteiger partial charge in [-0.05, 0) is 29.1 Å². The molecule has 2 aromatic rings. The van der Waals surface area contributed by atoms with Gasteiger partial charge < -0.3 is 11.1 Å². The lowest BCUT2D eigenvalue weighted by atomic mass is 10.2. The van der Waals surface area contributed by atoms with Crippen LogP contribution in [-0.2, 0) is 5.75 Å². The smallest absolute Gasteiger partial charge is 0.319 e. The fourth-order valence-corrected chi connectivity index (χ4v) is 3.86. The molecule has 0 saturated heterocycles. The van der Waals surface area contributed by atoms with Gasteiger partial charge in [-0.3, -0.25) is 10.1 Å². The number of aromatic nitrogens is 1. The number of hydrogen-bond acceptors (Lipinski definition) is 5. The summed E-state index contributed by atoms with van der Waals surface area (Å²) in [4.78, 5) is 23.6. The van der Waals surface area contributed by atoms with Crippen LogP contribution in [0, 0.1) is 17.6 Å². The second-order valence-electron chi connectivity index (χ2n) is 5.81. The number of carbonyl (C=O) groups is 2. The molecule has 0 unspecified atom stereocenters. The summed E-state index contributed by atoms with van der Waals surface area (Å²) < 4.78 is 30.8. The number of urea groups is 1. The second kappa shape index (κ2) is 8.95. The van der Waals surface area contributed by atoms with Crippen LogP contribution in [0.25, 0.3) is 0 Å². The molecule has 0 fully saturated rings. The Balaban J connectivity index is 2.10. The zero-order valence-corrected chi connectivity index (χ0v) is 15.8. The number of carbonyl (C=O) groups excluding carboxylic acids is 2. The normalized spacial score (nSPS) is 10.8. The summed E-state index contributed by atoms with van der Waals surface area (Å²) in [5, 5.41) is 5.72. The summed E-state index contributed by atoms with van der Waals surface area (Å²) in [7, 11) is 0. The highest BCUT2D eigenvalue weighted by Gasteiger charge is 2.21. The van der Waals surface area contributed by atoms with Crippen molar-refractivity contribution >= 4 is 40.2 Å². The lowest BCUT2D eigenvalue weighted by molar-refractivity contribution is 0.0998. The van der Waals surface area contributed by atoms with E-state index >= 15 is 0 Å². The Kier molecular flexibility index (Phi) is 6.92. The van der Waals surface area contributed by atoms with Gasteiger partial charge in [0.1, 0.15) is 27.2 Å². The van der Waals surface area contributed by atoms with Crippen LogP contribution < -0.4 is 16.4 Å². The van der Waals surface area contributed by atoms with Crippen molar-refractivity contribution in [3.63, 3.8) is 0 Å². The third-order valence-corrected chi connectivity index (χ3v) is 5.09. The number of rotatable bonds is 7. The molecule has 1 aromatic carbocycles. The Morgan fingerprint density at radius 3 is 2.69 bits per heavy atom. The van der Waals surface area contributed by atoms with Gasteiger partial charge in [-0.1, -0.05) is 31.7 Å². The number of nitrogens with two attached hydrogens (primary N) is 1. The van der Waals surface area contributed by atoms with Crippen molar-refractivity contribution in [1.82, 2.24) is 9.69 Å². The molecule has 6 nitrogen and oxygen atoms in total. The number of anilines is 1. The van der Waals surface area contributed by atoms with Crippen LogP contribution in [0.5, 0.6) is 0 Å². The van der Waals surface area contributed by atoms with E-state index in [2.05, 4.69) is 15.0 Å². The minimum Gasteiger partial charge on any atom is -0.365 e. The van der Waals surface area contributed by atoms with Crippen LogP contribution >= 0.6 is 23.3 Å². The fraction of sp³-hybridized carbons (Fsp3) is 0.312. The Labute approximate surface area is 157 Å². The Morgan fingerprint density at radius 2 is 2.08 bits per heavy atom. The van der Waals surface area contributed by atoms with Crippen molar-refractivity contribution in [2.45, 2.75) is 24.6 Å². The van der Waals surface area contributed by atoms with Crippen molar-refractivity contribution in [3.05, 3.63) is 41.0 Å². The molecule has 1 aromatic heterocycles. The van der Waals surface area contributed by atoms with Crippen molar-refractivity contribution in [2.24, 2.45) is 11.7 Å². The molecule has 0 spiro atoms. The number of nitrogens with one attached hydrogen (secondary N) is 2. The molecule has 0 aliphatic heterocycles. The predicted octanol–water partition coefficient (Wildman–Crippen LogP) is 3.59. The van der Waals surface area contributed by atoms with Gasteiger partial charge in [-0.15, -0.1) is 0 Å². The molecule has 0 aliphatic rings. The van der Waals surface area contributed by atoms with Gasteiger partial charge >= 0.3 is 6.03 Å². The van der Waals surface area contributed by atoms with Crippen LogP contribution in [0.15, 0.2) is 23.2 Å². The summed E-state index contributed by atoms with van der Waals surface area (Å²) in [6.07, 6.45) is 0. The van der Waals surface area contributed by atoms with Gasteiger partial charge in [-0.25, -0.2) is 13.6 Å². The van der Waals surface area contributed by atoms with Crippen molar-refractivity contribution in [1.29, 1.82) is 0 Å². The number of primary amides is 1. The van der Waals surface area contributed by atoms with Gasteiger partial charge in [0.2, 0.25) is 0 Å². The van der Waals surface area contributed by atoms with E-state index in [-0.39, 0.29) is 32.8 Å². The molecule has 4 N–H and O–H groups in total. The van der Waals surface area contributed by atoms with Gasteiger partial charge in [0.15, 0.2) is 0 Å². The quantitative estimate of drug-likeness (QED) is 0.619. The van der Waals surface area contributed by atoms with Crippen LogP contribution in [0.4, 0.5) is 18.6 Å². The number of halogens is 2. The standard InChI is InChI=1S/C16H18F2N4O2S2/c1-8(2)6-20-16(24)21-14-12(13(19)23)15(22-26-14)25-7-9-3-4-10(17)5-11(9)18/h3-5,8H,6-7H2,1-2H3,(H2,19,23)(H2,20,21,24). The monoisotopic (exact) mass is 400 g/mol. The van der Waals surface area contributed by atoms with E-state index in [4.69, 9.17) is 5.73 Å². The van der Waals surface area contributed by atoms with Gasteiger partial charge in [0.05, 0.1) is 0 Å². The third-order valence-electron chi connectivity index (χ3n) is 3.18. The molecular weight excluding hydrogens is 382 g/mol. The first-order valence-corrected chi connectivity index (χ1v) is 9.45. The van der Waals surface area contributed by atoms with Gasteiger partial charge in [-0.2, -0.15) is 4.37 Å². The van der Waals surface area contributed by atoms with Crippen molar-refractivity contribution in [3.8, 4) is 0 Å². The summed E-state index contributed by atoms with van der Waals surface area (Å²) in [5.74, 6) is -1.69. The highest BCUT2D eigenvalue weighted by atomic mass is 32.2. The second-order valence-corrected chi connectivity index (χ2v) is 7.55. The van der Waals surface area contributed by atoms with Crippen molar-refractivity contribution < 1.29 is 18.4 Å². The highest BCUT2D eigenvalue weighted by molar-refractivity contribution is 7.98. The molecule has 140 valence electrons. The summed E-state index contributed by atoms with van der Waals surface area (Å²) >= 11 is 1.99. The van der Waals surface area contributed by atoms with Crippen LogP contribution in [0.3, 0.4) is 0 Å². The molecular formula is C16H18F2N4O2S2. The maximum Gasteiger partial charge on any atom is 0.319 e. The topological polar surface area (TPSA) is 97.1 Å². The lowest BCUT2D eigenvalue weighted by Gasteiger charge is -2.09. The molecule has 3 amide bonds. The zero-order chi connectivity index (χ0) is 19.3. The first kappa shape index (κ1) is 20.1. The SMILES string of the molecule is CC(C)CNC(=O)Nc1snc(SCc2ccc(F)cc2F)c1C(N)=O. The summed E-state index contributed by atoms with van der Waals surface area (Å²) in [5.41, 5.74) is 5.73. The van der Waals surface area contributed by atoms with E-state index in [1.165, 1.54) is 6.07 Å². The number of amides is 3. The first-order valence-electron chi connectivity index (χ1n) is 7.69. The molecule has 1 heterocycles. The number of hydrogen-bond donors (Lipinski definition) is 3. The third kappa shape index (κ3) is 5.40. The maximum atomic E-state index is 13.7. The highest BCUT2D eigenvalue weighted by Crippen LogP contribution is 2.33. The fourth-order valence-electron chi connectivity index (χ4n) is 1.91.